The van der Waals surface area contributed by atoms with Gasteiger partial charge in [-0.25, -0.2) is 4.79 Å². The molecule has 110 valence electrons. The summed E-state index contributed by atoms with van der Waals surface area (Å²) < 4.78 is 0. The van der Waals surface area contributed by atoms with Gasteiger partial charge in [-0.1, -0.05) is 42.1 Å². The number of carbonyl (C=O) groups is 1. The highest BCUT2D eigenvalue weighted by Gasteiger charge is 2.16. The topological polar surface area (TPSA) is 49.3 Å². The zero-order valence-corrected chi connectivity index (χ0v) is 12.8. The van der Waals surface area contributed by atoms with Crippen LogP contribution in [-0.2, 0) is 4.79 Å². The molecule has 0 spiro atoms. The molecular formula is C15H19Cl2NO2. The van der Waals surface area contributed by atoms with Crippen LogP contribution >= 0.6 is 23.2 Å². The maximum Gasteiger partial charge on any atom is 0.326 e. The summed E-state index contributed by atoms with van der Waals surface area (Å²) >= 11 is 11.8. The molecule has 0 amide bonds. The Morgan fingerprint density at radius 1 is 1.25 bits per heavy atom. The van der Waals surface area contributed by atoms with E-state index in [-0.39, 0.29) is 0 Å². The van der Waals surface area contributed by atoms with E-state index in [0.717, 1.165) is 25.7 Å². The predicted molar refractivity (Wildman–Crippen MR) is 84.8 cm³/mol. The minimum Gasteiger partial charge on any atom is -0.480 e. The molecule has 1 unspecified atom stereocenters. The molecule has 1 aromatic rings. The number of carboxylic acids is 1. The number of halogens is 2. The SMILES string of the molecule is C=CCCCCCC(Nc1cc(Cl)cc(Cl)c1)C(=O)O. The van der Waals surface area contributed by atoms with Gasteiger partial charge in [-0.2, -0.15) is 0 Å². The van der Waals surface area contributed by atoms with Crippen molar-refractivity contribution >= 4 is 34.9 Å². The van der Waals surface area contributed by atoms with Gasteiger partial charge in [0, 0.05) is 15.7 Å². The van der Waals surface area contributed by atoms with Crippen LogP contribution in [0.3, 0.4) is 0 Å². The number of anilines is 1. The highest BCUT2D eigenvalue weighted by molar-refractivity contribution is 6.35. The van der Waals surface area contributed by atoms with E-state index in [1.165, 1.54) is 0 Å². The Balaban J connectivity index is 2.54. The second-order valence-electron chi connectivity index (χ2n) is 4.62. The smallest absolute Gasteiger partial charge is 0.326 e. The number of rotatable bonds is 9. The summed E-state index contributed by atoms with van der Waals surface area (Å²) in [5.41, 5.74) is 0.626. The van der Waals surface area contributed by atoms with E-state index in [1.807, 2.05) is 6.08 Å². The number of benzene rings is 1. The molecule has 0 bridgehead atoms. The van der Waals surface area contributed by atoms with Crippen molar-refractivity contribution in [3.05, 3.63) is 40.9 Å². The third-order valence-corrected chi connectivity index (χ3v) is 3.34. The summed E-state index contributed by atoms with van der Waals surface area (Å²) in [6, 6.07) is 4.31. The zero-order valence-electron chi connectivity index (χ0n) is 11.2. The Morgan fingerprint density at radius 2 is 1.90 bits per heavy atom. The standard InChI is InChI=1S/C15H19Cl2NO2/c1-2-3-4-5-6-7-14(15(19)20)18-13-9-11(16)8-12(17)10-13/h2,8-10,14,18H,1,3-7H2,(H,19,20). The molecule has 0 aromatic heterocycles. The van der Waals surface area contributed by atoms with Crippen LogP contribution < -0.4 is 5.32 Å². The lowest BCUT2D eigenvalue weighted by molar-refractivity contribution is -0.138. The number of aliphatic carboxylic acids is 1. The molecule has 1 atom stereocenters. The summed E-state index contributed by atoms with van der Waals surface area (Å²) in [4.78, 5) is 11.2. The number of carboxylic acid groups (broad SMARTS) is 1. The van der Waals surface area contributed by atoms with Crippen LogP contribution in [0.2, 0.25) is 10.0 Å². The Bertz CT molecular complexity index is 443. The minimum absolute atomic E-state index is 0.482. The molecular weight excluding hydrogens is 297 g/mol. The van der Waals surface area contributed by atoms with Gasteiger partial charge in [0.2, 0.25) is 0 Å². The first-order valence-electron chi connectivity index (χ1n) is 6.59. The fraction of sp³-hybridized carbons (Fsp3) is 0.400. The number of unbranched alkanes of at least 4 members (excludes halogenated alkanes) is 3. The lowest BCUT2D eigenvalue weighted by atomic mass is 10.1. The van der Waals surface area contributed by atoms with Crippen molar-refractivity contribution in [2.45, 2.75) is 38.1 Å². The first-order valence-corrected chi connectivity index (χ1v) is 7.35. The number of nitrogens with one attached hydrogen (secondary N) is 1. The molecule has 20 heavy (non-hydrogen) atoms. The molecule has 5 heteroatoms. The molecule has 0 aliphatic heterocycles. The lowest BCUT2D eigenvalue weighted by Crippen LogP contribution is -2.29. The van der Waals surface area contributed by atoms with E-state index in [1.54, 1.807) is 18.2 Å². The van der Waals surface area contributed by atoms with Crippen molar-refractivity contribution in [2.75, 3.05) is 5.32 Å². The van der Waals surface area contributed by atoms with E-state index >= 15 is 0 Å². The second kappa shape index (κ2) is 8.88. The maximum absolute atomic E-state index is 11.2. The van der Waals surface area contributed by atoms with Crippen molar-refractivity contribution in [1.29, 1.82) is 0 Å². The fourth-order valence-corrected chi connectivity index (χ4v) is 2.44. The molecule has 1 aromatic carbocycles. The molecule has 0 saturated carbocycles. The van der Waals surface area contributed by atoms with Crippen LogP contribution in [0.25, 0.3) is 0 Å². The van der Waals surface area contributed by atoms with Crippen LogP contribution in [0.15, 0.2) is 30.9 Å². The average molecular weight is 316 g/mol. The average Bonchev–Trinajstić information content (AvgIpc) is 2.35. The predicted octanol–water partition coefficient (Wildman–Crippen LogP) is 5.00. The van der Waals surface area contributed by atoms with Gasteiger partial charge in [-0.3, -0.25) is 0 Å². The quantitative estimate of drug-likeness (QED) is 0.498. The van der Waals surface area contributed by atoms with Crippen LogP contribution in [0.4, 0.5) is 5.69 Å². The molecule has 3 nitrogen and oxygen atoms in total. The second-order valence-corrected chi connectivity index (χ2v) is 5.49. The molecule has 2 N–H and O–H groups in total. The molecule has 0 fully saturated rings. The summed E-state index contributed by atoms with van der Waals surface area (Å²) in [7, 11) is 0. The normalized spacial score (nSPS) is 11.9. The Kier molecular flexibility index (Phi) is 7.48. The van der Waals surface area contributed by atoms with E-state index in [0.29, 0.717) is 22.2 Å². The van der Waals surface area contributed by atoms with Gasteiger partial charge in [0.05, 0.1) is 0 Å². The summed E-state index contributed by atoms with van der Waals surface area (Å²) in [6.07, 6.45) is 6.30. The third kappa shape index (κ3) is 6.31. The highest BCUT2D eigenvalue weighted by Crippen LogP contribution is 2.23. The first-order chi connectivity index (χ1) is 9.52. The van der Waals surface area contributed by atoms with Gasteiger partial charge in [0.15, 0.2) is 0 Å². The van der Waals surface area contributed by atoms with Crippen LogP contribution in [0.1, 0.15) is 32.1 Å². The zero-order chi connectivity index (χ0) is 15.0. The van der Waals surface area contributed by atoms with Crippen LogP contribution in [0, 0.1) is 0 Å². The van der Waals surface area contributed by atoms with Crippen molar-refractivity contribution in [3.8, 4) is 0 Å². The first kappa shape index (κ1) is 16.9. The Morgan fingerprint density at radius 3 is 2.45 bits per heavy atom. The van der Waals surface area contributed by atoms with Gasteiger partial charge in [-0.05, 0) is 37.5 Å². The number of hydrogen-bond acceptors (Lipinski definition) is 2. The van der Waals surface area contributed by atoms with Crippen molar-refractivity contribution in [1.82, 2.24) is 0 Å². The molecule has 1 rings (SSSR count). The summed E-state index contributed by atoms with van der Waals surface area (Å²) in [5.74, 6) is -0.871. The maximum atomic E-state index is 11.2. The fourth-order valence-electron chi connectivity index (χ4n) is 1.91. The third-order valence-electron chi connectivity index (χ3n) is 2.90. The van der Waals surface area contributed by atoms with Gasteiger partial charge in [0.1, 0.15) is 6.04 Å². The Hall–Kier alpha value is -1.19. The van der Waals surface area contributed by atoms with E-state index in [2.05, 4.69) is 11.9 Å². The number of hydrogen-bond donors (Lipinski definition) is 2. The van der Waals surface area contributed by atoms with E-state index < -0.39 is 12.0 Å². The monoisotopic (exact) mass is 315 g/mol. The van der Waals surface area contributed by atoms with E-state index in [4.69, 9.17) is 23.2 Å². The van der Waals surface area contributed by atoms with Gasteiger partial charge in [-0.15, -0.1) is 6.58 Å². The van der Waals surface area contributed by atoms with Crippen molar-refractivity contribution in [2.24, 2.45) is 0 Å². The molecule has 0 radical (unpaired) electrons. The van der Waals surface area contributed by atoms with Crippen molar-refractivity contribution in [3.63, 3.8) is 0 Å². The Labute approximate surface area is 129 Å². The molecule has 0 aliphatic carbocycles. The minimum atomic E-state index is -0.871. The highest BCUT2D eigenvalue weighted by atomic mass is 35.5. The molecule has 0 aliphatic rings. The van der Waals surface area contributed by atoms with Crippen LogP contribution in [0.5, 0.6) is 0 Å². The largest absolute Gasteiger partial charge is 0.480 e. The van der Waals surface area contributed by atoms with E-state index in [9.17, 15) is 9.90 Å². The number of allylic oxidation sites excluding steroid dienone is 1. The molecule has 0 heterocycles. The van der Waals surface area contributed by atoms with Crippen LogP contribution in [-0.4, -0.2) is 17.1 Å². The summed E-state index contributed by atoms with van der Waals surface area (Å²) in [6.45, 7) is 3.66. The van der Waals surface area contributed by atoms with Gasteiger partial charge >= 0.3 is 5.97 Å². The van der Waals surface area contributed by atoms with Gasteiger partial charge in [0.25, 0.3) is 0 Å². The molecule has 0 saturated heterocycles. The van der Waals surface area contributed by atoms with Crippen molar-refractivity contribution < 1.29 is 9.90 Å². The summed E-state index contributed by atoms with van der Waals surface area (Å²) in [5, 5.41) is 13.2. The lowest BCUT2D eigenvalue weighted by Gasteiger charge is -2.16. The van der Waals surface area contributed by atoms with Gasteiger partial charge < -0.3 is 10.4 Å².